The molecule has 1 saturated heterocycles. The Morgan fingerprint density at radius 3 is 2.94 bits per heavy atom. The molecular weight excluding hydrogens is 230 g/mol. The molecule has 1 aromatic heterocycles. The first-order valence-corrected chi connectivity index (χ1v) is 7.45. The summed E-state index contributed by atoms with van der Waals surface area (Å²) in [4.78, 5) is 7.22. The van der Waals surface area contributed by atoms with E-state index in [9.17, 15) is 0 Å². The number of aromatic nitrogens is 1. The molecular formula is C13H23N3S. The lowest BCUT2D eigenvalue weighted by molar-refractivity contribution is 0.255. The highest BCUT2D eigenvalue weighted by atomic mass is 32.1. The summed E-state index contributed by atoms with van der Waals surface area (Å²) in [6.45, 7) is 3.53. The van der Waals surface area contributed by atoms with Crippen LogP contribution in [0.25, 0.3) is 0 Å². The molecule has 3 nitrogen and oxygen atoms in total. The average molecular weight is 253 g/mol. The molecule has 2 rings (SSSR count). The zero-order chi connectivity index (χ0) is 12.1. The molecule has 0 unspecified atom stereocenters. The number of hydrogen-bond donors (Lipinski definition) is 1. The number of likely N-dealkylation sites (tertiary alicyclic amines) is 1. The van der Waals surface area contributed by atoms with Gasteiger partial charge in [0, 0.05) is 11.3 Å². The van der Waals surface area contributed by atoms with Crippen LogP contribution in [0.1, 0.15) is 35.9 Å². The van der Waals surface area contributed by atoms with Crippen molar-refractivity contribution in [1.82, 2.24) is 15.2 Å². The van der Waals surface area contributed by atoms with Gasteiger partial charge in [-0.25, -0.2) is 4.98 Å². The van der Waals surface area contributed by atoms with Crippen LogP contribution in [-0.4, -0.2) is 43.6 Å². The molecule has 1 aliphatic heterocycles. The Labute approximate surface area is 108 Å². The second kappa shape index (κ2) is 6.47. The van der Waals surface area contributed by atoms with Crippen LogP contribution in [0.3, 0.4) is 0 Å². The molecule has 2 heterocycles. The molecule has 1 aliphatic rings. The van der Waals surface area contributed by atoms with Crippen LogP contribution in [0, 0.1) is 0 Å². The summed E-state index contributed by atoms with van der Waals surface area (Å²) < 4.78 is 0. The van der Waals surface area contributed by atoms with Crippen LogP contribution in [-0.2, 0) is 6.42 Å². The summed E-state index contributed by atoms with van der Waals surface area (Å²) in [6.07, 6.45) is 4.86. The monoisotopic (exact) mass is 253 g/mol. The Morgan fingerprint density at radius 1 is 1.47 bits per heavy atom. The maximum atomic E-state index is 4.80. The van der Waals surface area contributed by atoms with Crippen molar-refractivity contribution in [2.45, 2.75) is 31.6 Å². The van der Waals surface area contributed by atoms with Crippen molar-refractivity contribution in [2.24, 2.45) is 0 Å². The van der Waals surface area contributed by atoms with Gasteiger partial charge in [-0.05, 0) is 59.4 Å². The number of aryl methyl sites for hydroxylation is 1. The van der Waals surface area contributed by atoms with Crippen molar-refractivity contribution < 1.29 is 0 Å². The third kappa shape index (κ3) is 3.76. The number of hydrogen-bond acceptors (Lipinski definition) is 4. The van der Waals surface area contributed by atoms with Gasteiger partial charge in [0.15, 0.2) is 0 Å². The minimum Gasteiger partial charge on any atom is -0.320 e. The first-order valence-electron chi connectivity index (χ1n) is 6.57. The van der Waals surface area contributed by atoms with Gasteiger partial charge in [0.2, 0.25) is 0 Å². The van der Waals surface area contributed by atoms with Crippen LogP contribution >= 0.6 is 11.3 Å². The van der Waals surface area contributed by atoms with Crippen molar-refractivity contribution in [2.75, 3.05) is 33.7 Å². The van der Waals surface area contributed by atoms with Crippen molar-refractivity contribution in [3.05, 3.63) is 16.1 Å². The van der Waals surface area contributed by atoms with E-state index in [-0.39, 0.29) is 0 Å². The highest BCUT2D eigenvalue weighted by Gasteiger charge is 2.20. The maximum absolute atomic E-state index is 4.80. The van der Waals surface area contributed by atoms with E-state index in [1.54, 1.807) is 0 Å². The number of piperidine rings is 1. The molecule has 96 valence electrons. The lowest BCUT2D eigenvalue weighted by atomic mass is 9.98. The van der Waals surface area contributed by atoms with Gasteiger partial charge in [0.05, 0.1) is 10.7 Å². The van der Waals surface area contributed by atoms with E-state index in [0.29, 0.717) is 5.92 Å². The number of nitrogens with one attached hydrogen (secondary N) is 1. The zero-order valence-electron chi connectivity index (χ0n) is 10.9. The topological polar surface area (TPSA) is 28.2 Å². The second-order valence-corrected chi connectivity index (χ2v) is 5.85. The third-order valence-electron chi connectivity index (χ3n) is 3.50. The highest BCUT2D eigenvalue weighted by molar-refractivity contribution is 7.09. The molecule has 0 bridgehead atoms. The van der Waals surface area contributed by atoms with Gasteiger partial charge < -0.3 is 10.2 Å². The lowest BCUT2D eigenvalue weighted by Gasteiger charge is -2.27. The molecule has 17 heavy (non-hydrogen) atoms. The molecule has 0 amide bonds. The number of rotatable bonds is 5. The van der Waals surface area contributed by atoms with Crippen molar-refractivity contribution in [3.63, 3.8) is 0 Å². The molecule has 4 heteroatoms. The van der Waals surface area contributed by atoms with Crippen LogP contribution < -0.4 is 5.32 Å². The summed E-state index contributed by atoms with van der Waals surface area (Å²) in [6, 6.07) is 0. The lowest BCUT2D eigenvalue weighted by Crippen LogP contribution is -2.29. The molecule has 1 N–H and O–H groups in total. The Balaban J connectivity index is 1.85. The third-order valence-corrected chi connectivity index (χ3v) is 4.55. The largest absolute Gasteiger partial charge is 0.320 e. The Morgan fingerprint density at radius 2 is 2.24 bits per heavy atom. The van der Waals surface area contributed by atoms with Crippen LogP contribution in [0.4, 0.5) is 0 Å². The standard InChI is InChI=1S/C13H23N3S/c1-14-7-3-4-12-10-17-13(15-12)11-5-8-16(2)9-6-11/h10-11,14H,3-9H2,1-2H3. The Hall–Kier alpha value is -0.450. The van der Waals surface area contributed by atoms with Crippen LogP contribution in [0.15, 0.2) is 5.38 Å². The highest BCUT2D eigenvalue weighted by Crippen LogP contribution is 2.29. The van der Waals surface area contributed by atoms with Gasteiger partial charge in [-0.1, -0.05) is 0 Å². The molecule has 0 saturated carbocycles. The minimum atomic E-state index is 0.717. The average Bonchev–Trinajstić information content (AvgIpc) is 2.79. The fraction of sp³-hybridized carbons (Fsp3) is 0.769. The quantitative estimate of drug-likeness (QED) is 0.815. The Bertz CT molecular complexity index is 329. The predicted molar refractivity (Wildman–Crippen MR) is 73.8 cm³/mol. The second-order valence-electron chi connectivity index (χ2n) is 4.96. The summed E-state index contributed by atoms with van der Waals surface area (Å²) in [7, 11) is 4.21. The normalized spacial score (nSPS) is 18.7. The van der Waals surface area contributed by atoms with E-state index in [1.165, 1.54) is 43.1 Å². The fourth-order valence-electron chi connectivity index (χ4n) is 2.33. The van der Waals surface area contributed by atoms with E-state index < -0.39 is 0 Å². The van der Waals surface area contributed by atoms with Crippen molar-refractivity contribution in [1.29, 1.82) is 0 Å². The first-order chi connectivity index (χ1) is 8.29. The predicted octanol–water partition coefficient (Wildman–Crippen LogP) is 2.10. The van der Waals surface area contributed by atoms with Crippen molar-refractivity contribution in [3.8, 4) is 0 Å². The first kappa shape index (κ1) is 13.0. The molecule has 0 aromatic carbocycles. The van der Waals surface area contributed by atoms with Crippen LogP contribution in [0.2, 0.25) is 0 Å². The maximum Gasteiger partial charge on any atom is 0.0960 e. The summed E-state index contributed by atoms with van der Waals surface area (Å²) in [5, 5.41) is 6.81. The van der Waals surface area contributed by atoms with Gasteiger partial charge in [-0.2, -0.15) is 0 Å². The van der Waals surface area contributed by atoms with Crippen LogP contribution in [0.5, 0.6) is 0 Å². The van der Waals surface area contributed by atoms with Gasteiger partial charge in [0.25, 0.3) is 0 Å². The SMILES string of the molecule is CNCCCc1csc(C2CCN(C)CC2)n1. The van der Waals surface area contributed by atoms with E-state index in [0.717, 1.165) is 13.0 Å². The molecule has 0 radical (unpaired) electrons. The number of thiazole rings is 1. The van der Waals surface area contributed by atoms with E-state index in [2.05, 4.69) is 22.6 Å². The van der Waals surface area contributed by atoms with E-state index in [1.807, 2.05) is 18.4 Å². The number of nitrogens with zero attached hydrogens (tertiary/aromatic N) is 2. The summed E-state index contributed by atoms with van der Waals surface area (Å²) in [5.74, 6) is 0.717. The van der Waals surface area contributed by atoms with E-state index in [4.69, 9.17) is 4.98 Å². The van der Waals surface area contributed by atoms with Gasteiger partial charge in [-0.15, -0.1) is 11.3 Å². The fourth-order valence-corrected chi connectivity index (χ4v) is 3.35. The van der Waals surface area contributed by atoms with E-state index >= 15 is 0 Å². The summed E-state index contributed by atoms with van der Waals surface area (Å²) >= 11 is 1.87. The molecule has 1 fully saturated rings. The van der Waals surface area contributed by atoms with Gasteiger partial charge in [-0.3, -0.25) is 0 Å². The van der Waals surface area contributed by atoms with Gasteiger partial charge in [0.1, 0.15) is 0 Å². The van der Waals surface area contributed by atoms with Gasteiger partial charge >= 0.3 is 0 Å². The smallest absolute Gasteiger partial charge is 0.0960 e. The zero-order valence-corrected chi connectivity index (χ0v) is 11.7. The van der Waals surface area contributed by atoms with Crippen molar-refractivity contribution >= 4 is 11.3 Å². The molecule has 0 aliphatic carbocycles. The molecule has 1 aromatic rings. The molecule has 0 atom stereocenters. The Kier molecular flexibility index (Phi) is 4.95. The molecule has 0 spiro atoms. The minimum absolute atomic E-state index is 0.717. The summed E-state index contributed by atoms with van der Waals surface area (Å²) in [5.41, 5.74) is 1.29.